The minimum atomic E-state index is -0.306. The summed E-state index contributed by atoms with van der Waals surface area (Å²) in [5, 5.41) is 9.39. The zero-order chi connectivity index (χ0) is 13.1. The van der Waals surface area contributed by atoms with E-state index < -0.39 is 0 Å². The third-order valence-electron chi connectivity index (χ3n) is 2.36. The van der Waals surface area contributed by atoms with Crippen molar-refractivity contribution >= 4 is 22.7 Å². The summed E-state index contributed by atoms with van der Waals surface area (Å²) in [7, 11) is 1.40. The van der Waals surface area contributed by atoms with Crippen LogP contribution in [0.4, 0.5) is 0 Å². The summed E-state index contributed by atoms with van der Waals surface area (Å²) in [6, 6.07) is 9.13. The Morgan fingerprint density at radius 1 is 1.50 bits per heavy atom. The van der Waals surface area contributed by atoms with Crippen LogP contribution in [0.5, 0.6) is 0 Å². The van der Waals surface area contributed by atoms with Gasteiger partial charge in [-0.2, -0.15) is 5.26 Å². The van der Waals surface area contributed by atoms with E-state index in [4.69, 9.17) is 10.1 Å². The number of thioether (sulfide) groups is 1. The molecule has 0 amide bonds. The second-order valence-corrected chi connectivity index (χ2v) is 4.89. The Labute approximate surface area is 108 Å². The maximum atomic E-state index is 12.2. The van der Waals surface area contributed by atoms with Gasteiger partial charge in [0, 0.05) is 0 Å². The zero-order valence-electron chi connectivity index (χ0n) is 9.95. The second-order valence-electron chi connectivity index (χ2n) is 3.58. The van der Waals surface area contributed by atoms with Crippen LogP contribution in [0.1, 0.15) is 6.92 Å². The van der Waals surface area contributed by atoms with E-state index in [1.54, 1.807) is 25.1 Å². The average Bonchev–Trinajstić information content (AvgIpc) is 2.39. The first kappa shape index (κ1) is 12.5. The van der Waals surface area contributed by atoms with E-state index >= 15 is 0 Å². The maximum Gasteiger partial charge on any atom is 0.295 e. The highest BCUT2D eigenvalue weighted by molar-refractivity contribution is 8.00. The highest BCUT2D eigenvalue weighted by atomic mass is 32.2. The molecule has 0 fully saturated rings. The minimum absolute atomic E-state index is 0.268. The molecule has 5 nitrogen and oxygen atoms in total. The SMILES string of the molecule is COn1c(SC(C)C#N)nc2ccccc2c1=O. The molecule has 0 aliphatic rings. The normalized spacial score (nSPS) is 12.1. The number of para-hydroxylation sites is 1. The Morgan fingerprint density at radius 2 is 2.22 bits per heavy atom. The van der Waals surface area contributed by atoms with Crippen LogP contribution in [0.15, 0.2) is 34.2 Å². The lowest BCUT2D eigenvalue weighted by atomic mass is 10.2. The number of rotatable bonds is 3. The van der Waals surface area contributed by atoms with Crippen LogP contribution in [0.2, 0.25) is 0 Å². The van der Waals surface area contributed by atoms with Gasteiger partial charge in [0.2, 0.25) is 5.16 Å². The fourth-order valence-electron chi connectivity index (χ4n) is 1.52. The van der Waals surface area contributed by atoms with Crippen LogP contribution in [-0.4, -0.2) is 22.1 Å². The smallest absolute Gasteiger partial charge is 0.295 e. The molecule has 0 bridgehead atoms. The molecule has 6 heteroatoms. The van der Waals surface area contributed by atoms with Crippen molar-refractivity contribution in [1.82, 2.24) is 9.71 Å². The van der Waals surface area contributed by atoms with Gasteiger partial charge in [-0.25, -0.2) is 4.98 Å². The number of hydrogen-bond donors (Lipinski definition) is 0. The van der Waals surface area contributed by atoms with E-state index in [0.29, 0.717) is 16.1 Å². The number of nitrogens with zero attached hydrogens (tertiary/aromatic N) is 3. The molecule has 0 aliphatic carbocycles. The number of aromatic nitrogens is 2. The van der Waals surface area contributed by atoms with Gasteiger partial charge in [-0.3, -0.25) is 4.79 Å². The van der Waals surface area contributed by atoms with Crippen LogP contribution in [0.25, 0.3) is 10.9 Å². The van der Waals surface area contributed by atoms with Crippen molar-refractivity contribution in [3.8, 4) is 6.07 Å². The molecule has 1 atom stereocenters. The summed E-state index contributed by atoms with van der Waals surface area (Å²) in [6.45, 7) is 1.74. The Kier molecular flexibility index (Phi) is 3.53. The van der Waals surface area contributed by atoms with Gasteiger partial charge in [0.25, 0.3) is 5.56 Å². The van der Waals surface area contributed by atoms with Gasteiger partial charge < -0.3 is 4.84 Å². The van der Waals surface area contributed by atoms with E-state index in [-0.39, 0.29) is 10.8 Å². The number of benzene rings is 1. The van der Waals surface area contributed by atoms with Gasteiger partial charge >= 0.3 is 0 Å². The predicted octanol–water partition coefficient (Wildman–Crippen LogP) is 1.46. The molecule has 0 saturated heterocycles. The minimum Gasteiger partial charge on any atom is -0.411 e. The van der Waals surface area contributed by atoms with Gasteiger partial charge in [0.15, 0.2) is 0 Å². The van der Waals surface area contributed by atoms with Crippen LogP contribution < -0.4 is 10.4 Å². The molecular weight excluding hydrogens is 250 g/mol. The molecular formula is C12H11N3O2S. The van der Waals surface area contributed by atoms with Crippen molar-refractivity contribution in [3.05, 3.63) is 34.6 Å². The van der Waals surface area contributed by atoms with E-state index in [0.717, 1.165) is 4.73 Å². The molecule has 0 aliphatic heterocycles. The number of hydrogen-bond acceptors (Lipinski definition) is 5. The molecule has 92 valence electrons. The molecule has 2 aromatic rings. The fourth-order valence-corrected chi connectivity index (χ4v) is 2.29. The van der Waals surface area contributed by atoms with Crippen LogP contribution in [0.3, 0.4) is 0 Å². The number of fused-ring (bicyclic) bond motifs is 1. The molecule has 1 heterocycles. The fraction of sp³-hybridized carbons (Fsp3) is 0.250. The molecule has 0 saturated carbocycles. The molecule has 0 radical (unpaired) electrons. The molecule has 2 rings (SSSR count). The summed E-state index contributed by atoms with van der Waals surface area (Å²) >= 11 is 1.19. The lowest BCUT2D eigenvalue weighted by Crippen LogP contribution is -2.28. The monoisotopic (exact) mass is 261 g/mol. The van der Waals surface area contributed by atoms with Crippen molar-refractivity contribution in [2.45, 2.75) is 17.3 Å². The third kappa shape index (κ3) is 2.17. The standard InChI is InChI=1S/C12H11N3O2S/c1-8(7-13)18-12-14-10-6-4-3-5-9(10)11(16)15(12)17-2/h3-6,8H,1-2H3. The summed E-state index contributed by atoms with van der Waals surface area (Å²) in [5.74, 6) is 0. The molecule has 0 spiro atoms. The van der Waals surface area contributed by atoms with Crippen molar-refractivity contribution in [3.63, 3.8) is 0 Å². The summed E-state index contributed by atoms with van der Waals surface area (Å²) in [6.07, 6.45) is 0. The Balaban J connectivity index is 2.66. The van der Waals surface area contributed by atoms with Gasteiger partial charge in [0.1, 0.15) is 7.11 Å². The molecule has 1 aromatic heterocycles. The van der Waals surface area contributed by atoms with E-state index in [2.05, 4.69) is 11.1 Å². The summed E-state index contributed by atoms with van der Waals surface area (Å²) < 4.78 is 1.11. The van der Waals surface area contributed by atoms with Gasteiger partial charge in [0.05, 0.1) is 22.2 Å². The molecule has 1 unspecified atom stereocenters. The second kappa shape index (κ2) is 5.10. The quantitative estimate of drug-likeness (QED) is 0.618. The van der Waals surface area contributed by atoms with E-state index in [1.807, 2.05) is 6.07 Å². The van der Waals surface area contributed by atoms with Crippen molar-refractivity contribution < 1.29 is 4.84 Å². The van der Waals surface area contributed by atoms with Gasteiger partial charge in [-0.1, -0.05) is 23.9 Å². The van der Waals surface area contributed by atoms with E-state index in [9.17, 15) is 4.79 Å². The lowest BCUT2D eigenvalue weighted by Gasteiger charge is -2.11. The first-order chi connectivity index (χ1) is 8.67. The van der Waals surface area contributed by atoms with Gasteiger partial charge in [-0.15, -0.1) is 4.73 Å². The first-order valence-electron chi connectivity index (χ1n) is 5.30. The van der Waals surface area contributed by atoms with Crippen molar-refractivity contribution in [1.29, 1.82) is 5.26 Å². The molecule has 18 heavy (non-hydrogen) atoms. The van der Waals surface area contributed by atoms with Crippen molar-refractivity contribution in [2.75, 3.05) is 7.11 Å². The van der Waals surface area contributed by atoms with Crippen LogP contribution in [0, 0.1) is 11.3 Å². The third-order valence-corrected chi connectivity index (χ3v) is 3.28. The highest BCUT2D eigenvalue weighted by Gasteiger charge is 2.14. The summed E-state index contributed by atoms with van der Waals surface area (Å²) in [5.41, 5.74) is 0.333. The largest absolute Gasteiger partial charge is 0.411 e. The predicted molar refractivity (Wildman–Crippen MR) is 69.4 cm³/mol. The van der Waals surface area contributed by atoms with Crippen molar-refractivity contribution in [2.24, 2.45) is 0 Å². The Bertz CT molecular complexity index is 675. The maximum absolute atomic E-state index is 12.2. The molecule has 0 N–H and O–H groups in total. The summed E-state index contributed by atoms with van der Waals surface area (Å²) in [4.78, 5) is 21.5. The first-order valence-corrected chi connectivity index (χ1v) is 6.18. The lowest BCUT2D eigenvalue weighted by molar-refractivity contribution is 0.131. The number of nitriles is 1. The zero-order valence-corrected chi connectivity index (χ0v) is 10.8. The Hall–Kier alpha value is -2.00. The van der Waals surface area contributed by atoms with Crippen LogP contribution in [-0.2, 0) is 0 Å². The van der Waals surface area contributed by atoms with Crippen LogP contribution >= 0.6 is 11.8 Å². The Morgan fingerprint density at radius 3 is 2.89 bits per heavy atom. The van der Waals surface area contributed by atoms with Gasteiger partial charge in [-0.05, 0) is 19.1 Å². The highest BCUT2D eigenvalue weighted by Crippen LogP contribution is 2.20. The van der Waals surface area contributed by atoms with E-state index in [1.165, 1.54) is 18.9 Å². The topological polar surface area (TPSA) is 67.9 Å². The molecule has 1 aromatic carbocycles. The average molecular weight is 261 g/mol.